The van der Waals surface area contributed by atoms with Crippen molar-refractivity contribution in [1.82, 2.24) is 10.6 Å². The zero-order valence-corrected chi connectivity index (χ0v) is 14.7. The number of rotatable bonds is 11. The van der Waals surface area contributed by atoms with Gasteiger partial charge in [0, 0.05) is 6.54 Å². The topological polar surface area (TPSA) is 96.9 Å². The van der Waals surface area contributed by atoms with Crippen molar-refractivity contribution in [3.63, 3.8) is 0 Å². The molecule has 7 nitrogen and oxygen atoms in total. The highest BCUT2D eigenvalue weighted by atomic mass is 16.6. The average Bonchev–Trinajstić information content (AvgIpc) is 2.63. The monoisotopic (exact) mass is 352 g/mol. The number of hydrogen-bond donors (Lipinski definition) is 3. The standard InChI is InChI=1S/C18H28N2O5/c1-2-3-12-24-18(23)20-16(13-21)10-7-11-19-17(22)25-14-15-8-5-4-6-9-15/h4-6,8-9,16,21H,2-3,7,10-14H2,1H3,(H,19,22)(H,20,23)/t16-/m1/s1. The highest BCUT2D eigenvalue weighted by Crippen LogP contribution is 2.01. The molecule has 3 N–H and O–H groups in total. The van der Waals surface area contributed by atoms with Gasteiger partial charge in [-0.05, 0) is 24.8 Å². The number of alkyl carbamates (subject to hydrolysis) is 2. The summed E-state index contributed by atoms with van der Waals surface area (Å²) in [6, 6.07) is 9.03. The molecular formula is C18H28N2O5. The van der Waals surface area contributed by atoms with Crippen LogP contribution in [0.5, 0.6) is 0 Å². The number of carbonyl (C=O) groups excluding carboxylic acids is 2. The molecule has 1 atom stereocenters. The molecule has 7 heteroatoms. The second kappa shape index (κ2) is 13.1. The first-order valence-corrected chi connectivity index (χ1v) is 8.64. The molecule has 1 rings (SSSR count). The van der Waals surface area contributed by atoms with E-state index in [-0.39, 0.29) is 13.2 Å². The molecule has 0 fully saturated rings. The summed E-state index contributed by atoms with van der Waals surface area (Å²) in [5.74, 6) is 0. The molecule has 140 valence electrons. The lowest BCUT2D eigenvalue weighted by Crippen LogP contribution is -2.38. The number of hydrogen-bond acceptors (Lipinski definition) is 5. The van der Waals surface area contributed by atoms with Gasteiger partial charge in [-0.2, -0.15) is 0 Å². The SMILES string of the molecule is CCCCOC(=O)N[C@@H](CO)CCCNC(=O)OCc1ccccc1. The first kappa shape index (κ1) is 20.8. The Balaban J connectivity index is 2.11. The molecule has 0 spiro atoms. The van der Waals surface area contributed by atoms with E-state index >= 15 is 0 Å². The Morgan fingerprint density at radius 1 is 1.12 bits per heavy atom. The predicted octanol–water partition coefficient (Wildman–Crippen LogP) is 2.58. The second-order valence-corrected chi connectivity index (χ2v) is 5.64. The van der Waals surface area contributed by atoms with Gasteiger partial charge in [-0.1, -0.05) is 43.7 Å². The van der Waals surface area contributed by atoms with Crippen molar-refractivity contribution in [2.24, 2.45) is 0 Å². The molecule has 0 unspecified atom stereocenters. The van der Waals surface area contributed by atoms with Crippen LogP contribution in [0, 0.1) is 0 Å². The van der Waals surface area contributed by atoms with E-state index in [0.29, 0.717) is 26.0 Å². The number of ether oxygens (including phenoxy) is 2. The Labute approximate surface area is 148 Å². The quantitative estimate of drug-likeness (QED) is 0.532. The summed E-state index contributed by atoms with van der Waals surface area (Å²) in [6.07, 6.45) is 1.87. The summed E-state index contributed by atoms with van der Waals surface area (Å²) < 4.78 is 10.1. The number of nitrogens with one attached hydrogen (secondary N) is 2. The van der Waals surface area contributed by atoms with Crippen LogP contribution < -0.4 is 10.6 Å². The van der Waals surface area contributed by atoms with Gasteiger partial charge in [-0.25, -0.2) is 9.59 Å². The average molecular weight is 352 g/mol. The van der Waals surface area contributed by atoms with Crippen molar-refractivity contribution in [1.29, 1.82) is 0 Å². The number of aliphatic hydroxyl groups excluding tert-OH is 1. The molecule has 1 aromatic carbocycles. The van der Waals surface area contributed by atoms with Gasteiger partial charge < -0.3 is 25.2 Å². The molecule has 0 heterocycles. The highest BCUT2D eigenvalue weighted by Gasteiger charge is 2.12. The van der Waals surface area contributed by atoms with Gasteiger partial charge in [-0.3, -0.25) is 0 Å². The van der Waals surface area contributed by atoms with Crippen molar-refractivity contribution in [3.8, 4) is 0 Å². The molecule has 0 aliphatic carbocycles. The van der Waals surface area contributed by atoms with Crippen LogP contribution in [-0.2, 0) is 16.1 Å². The summed E-state index contributed by atoms with van der Waals surface area (Å²) in [5, 5.41) is 14.5. The number of carbonyl (C=O) groups is 2. The van der Waals surface area contributed by atoms with Crippen LogP contribution in [0.1, 0.15) is 38.2 Å². The molecule has 0 aliphatic heterocycles. The molecule has 0 aromatic heterocycles. The van der Waals surface area contributed by atoms with Gasteiger partial charge in [0.05, 0.1) is 19.3 Å². The number of amides is 2. The Morgan fingerprint density at radius 3 is 2.56 bits per heavy atom. The maximum atomic E-state index is 11.6. The molecule has 1 aromatic rings. The zero-order chi connectivity index (χ0) is 18.3. The zero-order valence-electron chi connectivity index (χ0n) is 14.7. The summed E-state index contributed by atoms with van der Waals surface area (Å²) in [7, 11) is 0. The minimum Gasteiger partial charge on any atom is -0.450 e. The van der Waals surface area contributed by atoms with Crippen molar-refractivity contribution >= 4 is 12.2 Å². The van der Waals surface area contributed by atoms with Gasteiger partial charge in [-0.15, -0.1) is 0 Å². The summed E-state index contributed by atoms with van der Waals surface area (Å²) in [5.41, 5.74) is 0.920. The number of aliphatic hydroxyl groups is 1. The smallest absolute Gasteiger partial charge is 0.407 e. The Bertz CT molecular complexity index is 495. The van der Waals surface area contributed by atoms with Crippen LogP contribution >= 0.6 is 0 Å². The van der Waals surface area contributed by atoms with Gasteiger partial charge >= 0.3 is 12.2 Å². The summed E-state index contributed by atoms with van der Waals surface area (Å²) in [6.45, 7) is 2.82. The lowest BCUT2D eigenvalue weighted by atomic mass is 10.1. The minimum absolute atomic E-state index is 0.179. The third-order valence-electron chi connectivity index (χ3n) is 3.48. The van der Waals surface area contributed by atoms with E-state index in [1.54, 1.807) is 0 Å². The molecule has 2 amide bonds. The fourth-order valence-corrected chi connectivity index (χ4v) is 2.04. The van der Waals surface area contributed by atoms with E-state index in [0.717, 1.165) is 18.4 Å². The molecule has 25 heavy (non-hydrogen) atoms. The maximum absolute atomic E-state index is 11.6. The lowest BCUT2D eigenvalue weighted by Gasteiger charge is -2.16. The van der Waals surface area contributed by atoms with E-state index in [2.05, 4.69) is 10.6 Å². The van der Waals surface area contributed by atoms with Gasteiger partial charge in [0.15, 0.2) is 0 Å². The van der Waals surface area contributed by atoms with E-state index in [1.807, 2.05) is 37.3 Å². The van der Waals surface area contributed by atoms with Crippen LogP contribution in [-0.4, -0.2) is 43.1 Å². The van der Waals surface area contributed by atoms with Crippen LogP contribution in [0.15, 0.2) is 30.3 Å². The predicted molar refractivity (Wildman–Crippen MR) is 94.1 cm³/mol. The van der Waals surface area contributed by atoms with Crippen molar-refractivity contribution in [3.05, 3.63) is 35.9 Å². The summed E-state index contributed by atoms with van der Waals surface area (Å²) >= 11 is 0. The number of benzene rings is 1. The molecule has 0 radical (unpaired) electrons. The maximum Gasteiger partial charge on any atom is 0.407 e. The van der Waals surface area contributed by atoms with Crippen LogP contribution in [0.4, 0.5) is 9.59 Å². The molecule has 0 saturated heterocycles. The van der Waals surface area contributed by atoms with Crippen LogP contribution in [0.3, 0.4) is 0 Å². The fraction of sp³-hybridized carbons (Fsp3) is 0.556. The molecule has 0 aliphatic rings. The van der Waals surface area contributed by atoms with Crippen molar-refractivity contribution in [2.75, 3.05) is 19.8 Å². The lowest BCUT2D eigenvalue weighted by molar-refractivity contribution is 0.131. The van der Waals surface area contributed by atoms with Crippen LogP contribution in [0.25, 0.3) is 0 Å². The normalized spacial score (nSPS) is 11.4. The van der Waals surface area contributed by atoms with Crippen molar-refractivity contribution < 1.29 is 24.2 Å². The fourth-order valence-electron chi connectivity index (χ4n) is 2.04. The Hall–Kier alpha value is -2.28. The van der Waals surface area contributed by atoms with Crippen molar-refractivity contribution in [2.45, 2.75) is 45.3 Å². The number of unbranched alkanes of at least 4 members (excludes halogenated alkanes) is 1. The molecule has 0 bridgehead atoms. The first-order chi connectivity index (χ1) is 12.2. The van der Waals surface area contributed by atoms with Crippen LogP contribution in [0.2, 0.25) is 0 Å². The van der Waals surface area contributed by atoms with Gasteiger partial charge in [0.1, 0.15) is 6.61 Å². The van der Waals surface area contributed by atoms with Gasteiger partial charge in [0.2, 0.25) is 0 Å². The Morgan fingerprint density at radius 2 is 1.88 bits per heavy atom. The molecule has 0 saturated carbocycles. The first-order valence-electron chi connectivity index (χ1n) is 8.64. The third-order valence-corrected chi connectivity index (χ3v) is 3.48. The van der Waals surface area contributed by atoms with E-state index < -0.39 is 18.2 Å². The summed E-state index contributed by atoms with van der Waals surface area (Å²) in [4.78, 5) is 23.1. The van der Waals surface area contributed by atoms with Gasteiger partial charge in [0.25, 0.3) is 0 Å². The van der Waals surface area contributed by atoms with E-state index in [1.165, 1.54) is 0 Å². The van der Waals surface area contributed by atoms with E-state index in [4.69, 9.17) is 9.47 Å². The largest absolute Gasteiger partial charge is 0.450 e. The minimum atomic E-state index is -0.525. The highest BCUT2D eigenvalue weighted by molar-refractivity contribution is 5.67. The molecular weight excluding hydrogens is 324 g/mol. The Kier molecular flexibility index (Phi) is 10.8. The van der Waals surface area contributed by atoms with E-state index in [9.17, 15) is 14.7 Å². The second-order valence-electron chi connectivity index (χ2n) is 5.64. The third kappa shape index (κ3) is 10.2.